The van der Waals surface area contributed by atoms with E-state index in [2.05, 4.69) is 15.6 Å². The second kappa shape index (κ2) is 12.9. The summed E-state index contributed by atoms with van der Waals surface area (Å²) in [6.07, 6.45) is 0. The fourth-order valence-electron chi connectivity index (χ4n) is 4.10. The van der Waals surface area contributed by atoms with Crippen LogP contribution in [0.5, 0.6) is 11.5 Å². The van der Waals surface area contributed by atoms with Crippen LogP contribution in [0.15, 0.2) is 77.0 Å². The van der Waals surface area contributed by atoms with Crippen molar-refractivity contribution in [2.45, 2.75) is 25.3 Å². The van der Waals surface area contributed by atoms with Crippen LogP contribution in [0.4, 0.5) is 10.8 Å². The number of hydrogen-bond acceptors (Lipinski definition) is 8. The van der Waals surface area contributed by atoms with Crippen LogP contribution in [0.1, 0.15) is 18.1 Å². The van der Waals surface area contributed by atoms with Gasteiger partial charge in [-0.2, -0.15) is 4.31 Å². The van der Waals surface area contributed by atoms with Gasteiger partial charge in [0.25, 0.3) is 0 Å². The predicted molar refractivity (Wildman–Crippen MR) is 159 cm³/mol. The first-order chi connectivity index (χ1) is 19.2. The van der Waals surface area contributed by atoms with Gasteiger partial charge in [0.05, 0.1) is 36.5 Å². The minimum atomic E-state index is -4.04. The molecule has 11 heteroatoms. The van der Waals surface area contributed by atoms with Crippen molar-refractivity contribution in [3.63, 3.8) is 0 Å². The zero-order valence-electron chi connectivity index (χ0n) is 22.8. The fourth-order valence-corrected chi connectivity index (χ4v) is 6.25. The topological polar surface area (TPSA) is 110 Å². The molecule has 0 unspecified atom stereocenters. The van der Waals surface area contributed by atoms with Crippen molar-refractivity contribution in [2.75, 3.05) is 37.9 Å². The number of anilines is 2. The van der Waals surface area contributed by atoms with Crippen LogP contribution in [0.25, 0.3) is 11.3 Å². The van der Waals surface area contributed by atoms with Gasteiger partial charge < -0.3 is 20.1 Å². The molecule has 0 radical (unpaired) electrons. The predicted octanol–water partition coefficient (Wildman–Crippen LogP) is 5.40. The van der Waals surface area contributed by atoms with Gasteiger partial charge in [0.15, 0.2) is 5.13 Å². The second-order valence-electron chi connectivity index (χ2n) is 8.87. The molecule has 0 spiro atoms. The molecule has 1 heterocycles. The highest BCUT2D eigenvalue weighted by Gasteiger charge is 2.28. The SMILES string of the molecule is CCOc1ccc(S(=O)(=O)N(CC(=O)Nc2cc(-c3csc(NC)n3)ccc2OC)Cc2ccccc2)cc1C. The van der Waals surface area contributed by atoms with Crippen molar-refractivity contribution in [3.8, 4) is 22.8 Å². The summed E-state index contributed by atoms with van der Waals surface area (Å²) in [4.78, 5) is 17.9. The van der Waals surface area contributed by atoms with Crippen molar-refractivity contribution in [2.24, 2.45) is 0 Å². The summed E-state index contributed by atoms with van der Waals surface area (Å²) in [6.45, 7) is 3.74. The fraction of sp³-hybridized carbons (Fsp3) is 0.241. The summed E-state index contributed by atoms with van der Waals surface area (Å²) >= 11 is 1.47. The van der Waals surface area contributed by atoms with Crippen LogP contribution >= 0.6 is 11.3 Å². The van der Waals surface area contributed by atoms with E-state index in [0.29, 0.717) is 29.4 Å². The van der Waals surface area contributed by atoms with E-state index in [9.17, 15) is 13.2 Å². The number of aromatic nitrogens is 1. The molecule has 1 amide bonds. The van der Waals surface area contributed by atoms with E-state index in [1.165, 1.54) is 28.8 Å². The van der Waals surface area contributed by atoms with Gasteiger partial charge in [-0.05, 0) is 61.4 Å². The number of ether oxygens (including phenoxy) is 2. The van der Waals surface area contributed by atoms with Gasteiger partial charge in [0.1, 0.15) is 11.5 Å². The van der Waals surface area contributed by atoms with E-state index in [0.717, 1.165) is 22.0 Å². The van der Waals surface area contributed by atoms with Gasteiger partial charge >= 0.3 is 0 Å². The Kier molecular flexibility index (Phi) is 9.41. The lowest BCUT2D eigenvalue weighted by Gasteiger charge is -2.23. The van der Waals surface area contributed by atoms with Gasteiger partial charge in [-0.3, -0.25) is 4.79 Å². The molecule has 0 aliphatic rings. The number of nitrogens with zero attached hydrogens (tertiary/aromatic N) is 2. The average molecular weight is 581 g/mol. The second-order valence-corrected chi connectivity index (χ2v) is 11.7. The normalized spacial score (nSPS) is 11.3. The summed E-state index contributed by atoms with van der Waals surface area (Å²) in [6, 6.07) is 19.2. The smallest absolute Gasteiger partial charge is 0.243 e. The number of carbonyl (C=O) groups is 1. The quantitative estimate of drug-likeness (QED) is 0.231. The molecule has 3 aromatic carbocycles. The van der Waals surface area contributed by atoms with Crippen LogP contribution in [0, 0.1) is 6.92 Å². The lowest BCUT2D eigenvalue weighted by Crippen LogP contribution is -2.37. The Bertz CT molecular complexity index is 1570. The van der Waals surface area contributed by atoms with Crippen LogP contribution in [-0.4, -0.2) is 50.9 Å². The highest BCUT2D eigenvalue weighted by molar-refractivity contribution is 7.89. The van der Waals surface area contributed by atoms with Crippen LogP contribution in [0.3, 0.4) is 0 Å². The lowest BCUT2D eigenvalue weighted by molar-refractivity contribution is -0.116. The van der Waals surface area contributed by atoms with Crippen LogP contribution < -0.4 is 20.1 Å². The first-order valence-electron chi connectivity index (χ1n) is 12.6. The van der Waals surface area contributed by atoms with Crippen molar-refractivity contribution < 1.29 is 22.7 Å². The molecule has 0 saturated carbocycles. The minimum Gasteiger partial charge on any atom is -0.495 e. The van der Waals surface area contributed by atoms with Gasteiger partial charge in [-0.25, -0.2) is 13.4 Å². The first kappa shape index (κ1) is 29.1. The van der Waals surface area contributed by atoms with E-state index >= 15 is 0 Å². The standard InChI is InChI=1S/C29H32N4O5S2/c1-5-38-26-14-12-23(15-20(26)2)40(35,36)33(17-21-9-7-6-8-10-21)18-28(34)31-24-16-22(11-13-27(24)37-4)25-19-39-29(30-3)32-25/h6-16,19H,5,17-18H2,1-4H3,(H,30,32)(H,31,34). The molecular formula is C29H32N4O5S2. The van der Waals surface area contributed by atoms with E-state index in [1.807, 2.05) is 48.7 Å². The molecule has 0 fully saturated rings. The number of rotatable bonds is 12. The largest absolute Gasteiger partial charge is 0.495 e. The van der Waals surface area contributed by atoms with Crippen molar-refractivity contribution in [1.82, 2.24) is 9.29 Å². The maximum absolute atomic E-state index is 13.8. The molecule has 4 rings (SSSR count). The summed E-state index contributed by atoms with van der Waals surface area (Å²) in [5.74, 6) is 0.551. The Morgan fingerprint density at radius 3 is 2.45 bits per heavy atom. The number of benzene rings is 3. The number of carbonyl (C=O) groups excluding carboxylic acids is 1. The van der Waals surface area contributed by atoms with E-state index in [4.69, 9.17) is 9.47 Å². The molecular weight excluding hydrogens is 548 g/mol. The summed E-state index contributed by atoms with van der Waals surface area (Å²) in [7, 11) is -0.733. The number of thiazole rings is 1. The van der Waals surface area contributed by atoms with E-state index < -0.39 is 22.5 Å². The Labute approximate surface area is 238 Å². The molecule has 0 saturated heterocycles. The number of hydrogen-bond donors (Lipinski definition) is 2. The van der Waals surface area contributed by atoms with Crippen molar-refractivity contribution >= 4 is 38.1 Å². The third-order valence-corrected chi connectivity index (χ3v) is 8.74. The van der Waals surface area contributed by atoms with E-state index in [-0.39, 0.29) is 11.4 Å². The molecule has 0 aliphatic carbocycles. The highest BCUT2D eigenvalue weighted by atomic mass is 32.2. The zero-order chi connectivity index (χ0) is 28.7. The van der Waals surface area contributed by atoms with Gasteiger partial charge in [0, 0.05) is 24.5 Å². The third kappa shape index (κ3) is 6.79. The Balaban J connectivity index is 1.62. The maximum atomic E-state index is 13.8. The molecule has 40 heavy (non-hydrogen) atoms. The van der Waals surface area contributed by atoms with Crippen molar-refractivity contribution in [3.05, 3.63) is 83.2 Å². The number of amides is 1. The number of aryl methyl sites for hydroxylation is 1. The summed E-state index contributed by atoms with van der Waals surface area (Å²) < 4.78 is 39.8. The average Bonchev–Trinajstić information content (AvgIpc) is 3.44. The Morgan fingerprint density at radius 2 is 1.80 bits per heavy atom. The molecule has 0 bridgehead atoms. The zero-order valence-corrected chi connectivity index (χ0v) is 24.4. The van der Waals surface area contributed by atoms with Crippen molar-refractivity contribution in [1.29, 1.82) is 0 Å². The van der Waals surface area contributed by atoms with Gasteiger partial charge in [-0.15, -0.1) is 11.3 Å². The maximum Gasteiger partial charge on any atom is 0.243 e. The minimum absolute atomic E-state index is 0.0195. The molecule has 2 N–H and O–H groups in total. The first-order valence-corrected chi connectivity index (χ1v) is 15.0. The monoisotopic (exact) mass is 580 g/mol. The molecule has 1 aromatic heterocycles. The van der Waals surface area contributed by atoms with Gasteiger partial charge in [-0.1, -0.05) is 30.3 Å². The van der Waals surface area contributed by atoms with E-state index in [1.54, 1.807) is 38.2 Å². The Hall–Kier alpha value is -3.93. The van der Waals surface area contributed by atoms with Crippen LogP contribution in [0.2, 0.25) is 0 Å². The highest BCUT2D eigenvalue weighted by Crippen LogP contribution is 2.32. The summed E-state index contributed by atoms with van der Waals surface area (Å²) in [5, 5.41) is 8.53. The molecule has 4 aromatic rings. The number of nitrogens with one attached hydrogen (secondary N) is 2. The summed E-state index contributed by atoms with van der Waals surface area (Å²) in [5.41, 5.74) is 3.39. The molecule has 0 aliphatic heterocycles. The lowest BCUT2D eigenvalue weighted by atomic mass is 10.1. The number of sulfonamides is 1. The van der Waals surface area contributed by atoms with Gasteiger partial charge in [0.2, 0.25) is 15.9 Å². The number of methoxy groups -OCH3 is 1. The molecule has 9 nitrogen and oxygen atoms in total. The third-order valence-electron chi connectivity index (χ3n) is 6.09. The molecule has 0 atom stereocenters. The van der Waals surface area contributed by atoms with Crippen LogP contribution in [-0.2, 0) is 21.4 Å². The molecule has 210 valence electrons. The Morgan fingerprint density at radius 1 is 1.05 bits per heavy atom.